The zero-order valence-electron chi connectivity index (χ0n) is 19.3. The molecule has 4 nitrogen and oxygen atoms in total. The zero-order chi connectivity index (χ0) is 23.0. The average molecular weight is 459 g/mol. The highest BCUT2D eigenvalue weighted by Crippen LogP contribution is 2.26. The predicted molar refractivity (Wildman–Crippen MR) is 138 cm³/mol. The van der Waals surface area contributed by atoms with Crippen LogP contribution >= 0.6 is 11.8 Å². The number of hydrogen-bond donors (Lipinski definition) is 0. The molecule has 1 aromatic heterocycles. The lowest BCUT2D eigenvalue weighted by Gasteiger charge is -2.12. The Kier molecular flexibility index (Phi) is 7.84. The Morgan fingerprint density at radius 1 is 0.970 bits per heavy atom. The van der Waals surface area contributed by atoms with E-state index in [1.807, 2.05) is 42.1 Å². The first-order valence-corrected chi connectivity index (χ1v) is 12.7. The highest BCUT2D eigenvalue weighted by Gasteiger charge is 2.14. The minimum atomic E-state index is -0.258. The van der Waals surface area contributed by atoms with Gasteiger partial charge in [0.1, 0.15) is 5.82 Å². The molecular formula is C28H30N2O2S. The summed E-state index contributed by atoms with van der Waals surface area (Å²) in [6.45, 7) is 5.48. The largest absolute Gasteiger partial charge is 0.462 e. The molecule has 0 atom stereocenters. The van der Waals surface area contributed by atoms with Crippen LogP contribution in [0.5, 0.6) is 0 Å². The summed E-state index contributed by atoms with van der Waals surface area (Å²) in [5, 5.41) is 0. The van der Waals surface area contributed by atoms with Crippen LogP contribution in [0, 0.1) is 0 Å². The molecule has 0 bridgehead atoms. The quantitative estimate of drug-likeness (QED) is 0.190. The maximum absolute atomic E-state index is 12.6. The lowest BCUT2D eigenvalue weighted by atomic mass is 9.98. The van der Waals surface area contributed by atoms with Gasteiger partial charge < -0.3 is 9.30 Å². The van der Waals surface area contributed by atoms with Crippen LogP contribution in [0.1, 0.15) is 48.4 Å². The summed E-state index contributed by atoms with van der Waals surface area (Å²) in [7, 11) is 0. The van der Waals surface area contributed by atoms with E-state index in [0.717, 1.165) is 58.9 Å². The first kappa shape index (κ1) is 23.1. The molecule has 3 aromatic carbocycles. The van der Waals surface area contributed by atoms with Gasteiger partial charge in [-0.25, -0.2) is 9.78 Å². The third kappa shape index (κ3) is 5.48. The summed E-state index contributed by atoms with van der Waals surface area (Å²) >= 11 is 1.88. The van der Waals surface area contributed by atoms with Crippen molar-refractivity contribution in [1.82, 2.24) is 9.55 Å². The fourth-order valence-corrected chi connectivity index (χ4v) is 4.48. The molecule has 0 amide bonds. The number of ether oxygens (including phenoxy) is 1. The summed E-state index contributed by atoms with van der Waals surface area (Å²) in [5.41, 5.74) is 5.93. The molecule has 0 aliphatic heterocycles. The number of benzene rings is 3. The van der Waals surface area contributed by atoms with E-state index in [-0.39, 0.29) is 5.97 Å². The number of aromatic nitrogens is 2. The molecule has 0 unspecified atom stereocenters. The number of thioether (sulfide) groups is 1. The number of carbonyl (C=O) groups is 1. The van der Waals surface area contributed by atoms with Crippen LogP contribution in [0.2, 0.25) is 0 Å². The number of imidazole rings is 1. The second kappa shape index (κ2) is 11.2. The maximum atomic E-state index is 12.6. The van der Waals surface area contributed by atoms with Gasteiger partial charge in [0, 0.05) is 6.54 Å². The Morgan fingerprint density at radius 3 is 2.52 bits per heavy atom. The smallest absolute Gasteiger partial charge is 0.338 e. The van der Waals surface area contributed by atoms with E-state index in [0.29, 0.717) is 12.2 Å². The maximum Gasteiger partial charge on any atom is 0.338 e. The summed E-state index contributed by atoms with van der Waals surface area (Å²) in [5.74, 6) is 2.81. The van der Waals surface area contributed by atoms with Gasteiger partial charge in [0.05, 0.1) is 29.0 Å². The number of hydrogen-bond acceptors (Lipinski definition) is 4. The zero-order valence-corrected chi connectivity index (χ0v) is 20.1. The molecule has 170 valence electrons. The van der Waals surface area contributed by atoms with Gasteiger partial charge in [-0.1, -0.05) is 74.9 Å². The van der Waals surface area contributed by atoms with E-state index in [2.05, 4.69) is 60.9 Å². The molecule has 0 spiro atoms. The molecule has 0 N–H and O–H groups in total. The average Bonchev–Trinajstić information content (AvgIpc) is 3.20. The van der Waals surface area contributed by atoms with E-state index >= 15 is 0 Å². The van der Waals surface area contributed by atoms with Crippen LogP contribution in [0.15, 0.2) is 72.8 Å². The van der Waals surface area contributed by atoms with Crippen molar-refractivity contribution in [2.75, 3.05) is 12.4 Å². The van der Waals surface area contributed by atoms with Gasteiger partial charge in [0.2, 0.25) is 0 Å². The van der Waals surface area contributed by atoms with E-state index in [9.17, 15) is 4.79 Å². The van der Waals surface area contributed by atoms with Crippen LogP contribution in [0.4, 0.5) is 0 Å². The van der Waals surface area contributed by atoms with Crippen LogP contribution in [0.3, 0.4) is 0 Å². The number of fused-ring (bicyclic) bond motifs is 1. The van der Waals surface area contributed by atoms with Gasteiger partial charge in [0.25, 0.3) is 0 Å². The van der Waals surface area contributed by atoms with Gasteiger partial charge in [-0.15, -0.1) is 0 Å². The molecule has 5 heteroatoms. The molecule has 0 fully saturated rings. The van der Waals surface area contributed by atoms with Crippen molar-refractivity contribution in [1.29, 1.82) is 0 Å². The SMILES string of the molecule is CCCCOC(=O)c1ccccc1-c1ccc(Cn2c(CSCC)nc3ccccc32)cc1. The number of nitrogens with zero attached hydrogens (tertiary/aromatic N) is 2. The van der Waals surface area contributed by atoms with Gasteiger partial charge in [-0.05, 0) is 47.1 Å². The Bertz CT molecular complexity index is 1210. The molecule has 0 saturated carbocycles. The van der Waals surface area contributed by atoms with Crippen molar-refractivity contribution in [3.8, 4) is 11.1 Å². The first-order valence-electron chi connectivity index (χ1n) is 11.6. The lowest BCUT2D eigenvalue weighted by Crippen LogP contribution is -2.08. The minimum Gasteiger partial charge on any atom is -0.462 e. The normalized spacial score (nSPS) is 11.1. The van der Waals surface area contributed by atoms with Crippen LogP contribution in [-0.4, -0.2) is 27.9 Å². The van der Waals surface area contributed by atoms with Crippen LogP contribution < -0.4 is 0 Å². The van der Waals surface area contributed by atoms with Crippen molar-refractivity contribution in [3.05, 3.63) is 89.7 Å². The molecule has 4 aromatic rings. The van der Waals surface area contributed by atoms with Gasteiger partial charge in [0.15, 0.2) is 0 Å². The minimum absolute atomic E-state index is 0.258. The van der Waals surface area contributed by atoms with Gasteiger partial charge in [-0.3, -0.25) is 0 Å². The standard InChI is InChI=1S/C28H30N2O2S/c1-3-5-18-32-28(31)24-11-7-6-10-23(24)22-16-14-21(15-17-22)19-30-26-13-9-8-12-25(26)29-27(30)20-33-4-2/h6-17H,3-5,18-20H2,1-2H3. The monoisotopic (exact) mass is 458 g/mol. The van der Waals surface area contributed by atoms with Crippen LogP contribution in [0.25, 0.3) is 22.2 Å². The molecule has 0 saturated heterocycles. The molecule has 33 heavy (non-hydrogen) atoms. The van der Waals surface area contributed by atoms with Gasteiger partial charge >= 0.3 is 5.97 Å². The number of unbranched alkanes of at least 4 members (excludes halogenated alkanes) is 1. The molecule has 0 aliphatic carbocycles. The Morgan fingerprint density at radius 2 is 1.73 bits per heavy atom. The number of rotatable bonds is 10. The summed E-state index contributed by atoms with van der Waals surface area (Å²) in [4.78, 5) is 17.5. The topological polar surface area (TPSA) is 44.1 Å². The second-order valence-corrected chi connectivity index (χ2v) is 9.25. The van der Waals surface area contributed by atoms with Crippen LogP contribution in [-0.2, 0) is 17.0 Å². The summed E-state index contributed by atoms with van der Waals surface area (Å²) < 4.78 is 7.77. The third-order valence-electron chi connectivity index (χ3n) is 5.65. The Balaban J connectivity index is 1.58. The lowest BCUT2D eigenvalue weighted by molar-refractivity contribution is 0.0500. The molecule has 4 rings (SSSR count). The molecule has 1 heterocycles. The van der Waals surface area contributed by atoms with E-state index < -0.39 is 0 Å². The fourth-order valence-electron chi connectivity index (χ4n) is 3.88. The van der Waals surface area contributed by atoms with E-state index in [1.165, 1.54) is 5.56 Å². The van der Waals surface area contributed by atoms with Crippen molar-refractivity contribution >= 4 is 28.8 Å². The number of esters is 1. The molecule has 0 radical (unpaired) electrons. The summed E-state index contributed by atoms with van der Waals surface area (Å²) in [6.07, 6.45) is 1.88. The highest BCUT2D eigenvalue weighted by molar-refractivity contribution is 7.98. The Hall–Kier alpha value is -3.05. The number of carbonyl (C=O) groups excluding carboxylic acids is 1. The summed E-state index contributed by atoms with van der Waals surface area (Å²) in [6, 6.07) is 24.4. The van der Waals surface area contributed by atoms with Crippen molar-refractivity contribution in [2.45, 2.75) is 39.0 Å². The number of para-hydroxylation sites is 2. The first-order chi connectivity index (χ1) is 16.2. The van der Waals surface area contributed by atoms with Crippen molar-refractivity contribution in [2.24, 2.45) is 0 Å². The highest BCUT2D eigenvalue weighted by atomic mass is 32.2. The molecule has 0 aliphatic rings. The van der Waals surface area contributed by atoms with Crippen molar-refractivity contribution in [3.63, 3.8) is 0 Å². The third-order valence-corrected chi connectivity index (χ3v) is 6.52. The fraction of sp³-hybridized carbons (Fsp3) is 0.286. The Labute approximate surface area is 200 Å². The van der Waals surface area contributed by atoms with Gasteiger partial charge in [-0.2, -0.15) is 11.8 Å². The van der Waals surface area contributed by atoms with Crippen molar-refractivity contribution < 1.29 is 9.53 Å². The molecular weight excluding hydrogens is 428 g/mol. The van der Waals surface area contributed by atoms with E-state index in [1.54, 1.807) is 0 Å². The predicted octanol–water partition coefficient (Wildman–Crippen LogP) is 6.96. The second-order valence-electron chi connectivity index (χ2n) is 7.97. The van der Waals surface area contributed by atoms with E-state index in [4.69, 9.17) is 9.72 Å².